The van der Waals surface area contributed by atoms with Crippen LogP contribution in [0, 0.1) is 0 Å². The van der Waals surface area contributed by atoms with Crippen molar-refractivity contribution in [2.45, 2.75) is 58.4 Å². The van der Waals surface area contributed by atoms with Crippen molar-refractivity contribution in [1.29, 1.82) is 0 Å². The molecule has 5 heteroatoms. The second-order valence-corrected chi connectivity index (χ2v) is 4.77. The minimum atomic E-state index is -0.787. The van der Waals surface area contributed by atoms with Gasteiger partial charge in [0.2, 0.25) is 0 Å². The Balaban J connectivity index is 3.74. The SMILES string of the molecule is CCCCCN(C)C(=O)NC(C)CCCC(=O)O. The number of unbranched alkanes of at least 4 members (excludes halogenated alkanes) is 2. The van der Waals surface area contributed by atoms with Crippen molar-refractivity contribution in [2.24, 2.45) is 0 Å². The predicted octanol–water partition coefficient (Wildman–Crippen LogP) is 2.46. The monoisotopic (exact) mass is 258 g/mol. The fraction of sp³-hybridized carbons (Fsp3) is 0.846. The molecule has 0 saturated carbocycles. The van der Waals surface area contributed by atoms with Gasteiger partial charge in [0.25, 0.3) is 0 Å². The Morgan fingerprint density at radius 2 is 1.94 bits per heavy atom. The number of hydrogen-bond donors (Lipinski definition) is 2. The molecule has 0 aliphatic carbocycles. The molecule has 0 aromatic heterocycles. The summed E-state index contributed by atoms with van der Waals surface area (Å²) in [6.07, 6.45) is 4.74. The van der Waals surface area contributed by atoms with Gasteiger partial charge in [0.15, 0.2) is 0 Å². The van der Waals surface area contributed by atoms with Gasteiger partial charge in [-0.15, -0.1) is 0 Å². The standard InChI is InChI=1S/C13H26N2O3/c1-4-5-6-10-15(3)13(18)14-11(2)8-7-9-12(16)17/h11H,4-10H2,1-3H3,(H,14,18)(H,16,17). The van der Waals surface area contributed by atoms with E-state index in [0.29, 0.717) is 12.8 Å². The Bertz CT molecular complexity index is 257. The third kappa shape index (κ3) is 8.84. The van der Waals surface area contributed by atoms with Crippen molar-refractivity contribution in [3.05, 3.63) is 0 Å². The molecule has 2 amide bonds. The number of amides is 2. The van der Waals surface area contributed by atoms with Crippen LogP contribution in [-0.2, 0) is 4.79 Å². The Hall–Kier alpha value is -1.26. The molecule has 5 nitrogen and oxygen atoms in total. The fourth-order valence-electron chi connectivity index (χ4n) is 1.65. The summed E-state index contributed by atoms with van der Waals surface area (Å²) < 4.78 is 0. The highest BCUT2D eigenvalue weighted by atomic mass is 16.4. The first-order valence-electron chi connectivity index (χ1n) is 6.70. The third-order valence-corrected chi connectivity index (χ3v) is 2.84. The molecule has 0 rings (SSSR count). The number of rotatable bonds is 9. The molecule has 1 atom stereocenters. The zero-order chi connectivity index (χ0) is 14.0. The Kier molecular flexibility index (Phi) is 9.06. The largest absolute Gasteiger partial charge is 0.481 e. The first-order chi connectivity index (χ1) is 8.47. The van der Waals surface area contributed by atoms with E-state index in [1.54, 1.807) is 11.9 Å². The summed E-state index contributed by atoms with van der Waals surface area (Å²) in [4.78, 5) is 23.8. The van der Waals surface area contributed by atoms with Crippen LogP contribution in [0.15, 0.2) is 0 Å². The molecule has 0 aliphatic rings. The maximum absolute atomic E-state index is 11.7. The van der Waals surface area contributed by atoms with E-state index in [1.807, 2.05) is 6.92 Å². The van der Waals surface area contributed by atoms with Crippen molar-refractivity contribution in [2.75, 3.05) is 13.6 Å². The predicted molar refractivity (Wildman–Crippen MR) is 71.6 cm³/mol. The summed E-state index contributed by atoms with van der Waals surface area (Å²) in [6.45, 7) is 4.80. The van der Waals surface area contributed by atoms with E-state index in [0.717, 1.165) is 25.8 Å². The quantitative estimate of drug-likeness (QED) is 0.624. The van der Waals surface area contributed by atoms with Crippen LogP contribution in [0.4, 0.5) is 4.79 Å². The van der Waals surface area contributed by atoms with Gasteiger partial charge in [0.1, 0.15) is 0 Å². The van der Waals surface area contributed by atoms with Crippen molar-refractivity contribution >= 4 is 12.0 Å². The molecule has 106 valence electrons. The molecule has 0 bridgehead atoms. The molecule has 2 N–H and O–H groups in total. The molecule has 0 aromatic carbocycles. The van der Waals surface area contributed by atoms with Gasteiger partial charge < -0.3 is 15.3 Å². The van der Waals surface area contributed by atoms with Crippen LogP contribution in [-0.4, -0.2) is 41.6 Å². The van der Waals surface area contributed by atoms with Gasteiger partial charge in [0, 0.05) is 26.1 Å². The lowest BCUT2D eigenvalue weighted by molar-refractivity contribution is -0.137. The number of nitrogens with one attached hydrogen (secondary N) is 1. The molecule has 0 aromatic rings. The number of carboxylic acids is 1. The van der Waals surface area contributed by atoms with E-state index in [9.17, 15) is 9.59 Å². The average Bonchev–Trinajstić information content (AvgIpc) is 2.28. The molecule has 1 unspecified atom stereocenters. The average molecular weight is 258 g/mol. The van der Waals surface area contributed by atoms with Gasteiger partial charge in [-0.1, -0.05) is 19.8 Å². The zero-order valence-corrected chi connectivity index (χ0v) is 11.7. The first-order valence-corrected chi connectivity index (χ1v) is 6.70. The van der Waals surface area contributed by atoms with Crippen LogP contribution >= 0.6 is 0 Å². The van der Waals surface area contributed by atoms with Crippen molar-refractivity contribution < 1.29 is 14.7 Å². The van der Waals surface area contributed by atoms with E-state index < -0.39 is 5.97 Å². The van der Waals surface area contributed by atoms with E-state index in [1.165, 1.54) is 0 Å². The summed E-state index contributed by atoms with van der Waals surface area (Å²) in [5.41, 5.74) is 0. The molecule has 18 heavy (non-hydrogen) atoms. The van der Waals surface area contributed by atoms with E-state index in [-0.39, 0.29) is 18.5 Å². The van der Waals surface area contributed by atoms with E-state index in [4.69, 9.17) is 5.11 Å². The highest BCUT2D eigenvalue weighted by molar-refractivity contribution is 5.74. The minimum absolute atomic E-state index is 0.0190. The lowest BCUT2D eigenvalue weighted by Gasteiger charge is -2.21. The van der Waals surface area contributed by atoms with Gasteiger partial charge in [-0.25, -0.2) is 4.79 Å². The van der Waals surface area contributed by atoms with Crippen molar-refractivity contribution in [1.82, 2.24) is 10.2 Å². The van der Waals surface area contributed by atoms with E-state index in [2.05, 4.69) is 12.2 Å². The smallest absolute Gasteiger partial charge is 0.317 e. The number of nitrogens with zero attached hydrogens (tertiary/aromatic N) is 1. The van der Waals surface area contributed by atoms with Crippen LogP contribution in [0.25, 0.3) is 0 Å². The van der Waals surface area contributed by atoms with Gasteiger partial charge in [-0.05, 0) is 26.2 Å². The van der Waals surface area contributed by atoms with Crippen LogP contribution in [0.1, 0.15) is 52.4 Å². The minimum Gasteiger partial charge on any atom is -0.481 e. The topological polar surface area (TPSA) is 69.6 Å². The number of carbonyl (C=O) groups is 2. The molecular formula is C13H26N2O3. The lowest BCUT2D eigenvalue weighted by atomic mass is 10.1. The maximum atomic E-state index is 11.7. The number of carboxylic acid groups (broad SMARTS) is 1. The first kappa shape index (κ1) is 16.7. The number of urea groups is 1. The van der Waals surface area contributed by atoms with Gasteiger partial charge in [0.05, 0.1) is 0 Å². The molecule has 0 saturated heterocycles. The van der Waals surface area contributed by atoms with E-state index >= 15 is 0 Å². The van der Waals surface area contributed by atoms with Crippen LogP contribution < -0.4 is 5.32 Å². The second-order valence-electron chi connectivity index (χ2n) is 4.77. The van der Waals surface area contributed by atoms with Gasteiger partial charge >= 0.3 is 12.0 Å². The zero-order valence-electron chi connectivity index (χ0n) is 11.7. The number of aliphatic carboxylic acids is 1. The van der Waals surface area contributed by atoms with Crippen molar-refractivity contribution in [3.63, 3.8) is 0 Å². The summed E-state index contributed by atoms with van der Waals surface area (Å²) in [5.74, 6) is -0.787. The molecule has 0 aliphatic heterocycles. The number of hydrogen-bond acceptors (Lipinski definition) is 2. The van der Waals surface area contributed by atoms with Gasteiger partial charge in [-0.2, -0.15) is 0 Å². The highest BCUT2D eigenvalue weighted by Crippen LogP contribution is 2.02. The van der Waals surface area contributed by atoms with Crippen LogP contribution in [0.2, 0.25) is 0 Å². The summed E-state index contributed by atoms with van der Waals surface area (Å²) in [5, 5.41) is 11.4. The normalized spacial score (nSPS) is 11.9. The second kappa shape index (κ2) is 9.74. The Morgan fingerprint density at radius 3 is 2.50 bits per heavy atom. The highest BCUT2D eigenvalue weighted by Gasteiger charge is 2.11. The Morgan fingerprint density at radius 1 is 1.28 bits per heavy atom. The molecular weight excluding hydrogens is 232 g/mol. The summed E-state index contributed by atoms with van der Waals surface area (Å²) in [6, 6.07) is -0.0561. The molecule has 0 radical (unpaired) electrons. The van der Waals surface area contributed by atoms with Crippen LogP contribution in [0.3, 0.4) is 0 Å². The number of carbonyl (C=O) groups excluding carboxylic acids is 1. The molecule has 0 fully saturated rings. The fourth-order valence-corrected chi connectivity index (χ4v) is 1.65. The van der Waals surface area contributed by atoms with Crippen LogP contribution in [0.5, 0.6) is 0 Å². The summed E-state index contributed by atoms with van der Waals surface area (Å²) >= 11 is 0. The Labute approximate surface area is 110 Å². The lowest BCUT2D eigenvalue weighted by Crippen LogP contribution is -2.42. The summed E-state index contributed by atoms with van der Waals surface area (Å²) in [7, 11) is 1.79. The molecule has 0 heterocycles. The van der Waals surface area contributed by atoms with Gasteiger partial charge in [-0.3, -0.25) is 4.79 Å². The maximum Gasteiger partial charge on any atom is 0.317 e. The van der Waals surface area contributed by atoms with Crippen molar-refractivity contribution in [3.8, 4) is 0 Å². The molecule has 0 spiro atoms. The third-order valence-electron chi connectivity index (χ3n) is 2.84.